The third-order valence-electron chi connectivity index (χ3n) is 3.59. The Morgan fingerprint density at radius 1 is 1.14 bits per heavy atom. The molecule has 2 aromatic rings. The van der Waals surface area contributed by atoms with Crippen LogP contribution in [-0.4, -0.2) is 11.1 Å². The minimum Gasteiger partial charge on any atom is -0.384 e. The van der Waals surface area contributed by atoms with Crippen LogP contribution in [0.25, 0.3) is 11.1 Å². The van der Waals surface area contributed by atoms with Crippen LogP contribution in [0.5, 0.6) is 0 Å². The molecular formula is C18H22N2S. The van der Waals surface area contributed by atoms with Crippen LogP contribution in [0.1, 0.15) is 31.4 Å². The molecule has 0 aromatic heterocycles. The van der Waals surface area contributed by atoms with Crippen LogP contribution in [0.3, 0.4) is 0 Å². The van der Waals surface area contributed by atoms with Crippen LogP contribution in [0.2, 0.25) is 0 Å². The molecule has 0 aliphatic heterocycles. The molecule has 3 heteroatoms. The number of hydrogen-bond acceptors (Lipinski definition) is 2. The Labute approximate surface area is 131 Å². The number of nitrogens with two attached hydrogens (primary N) is 1. The lowest BCUT2D eigenvalue weighted by Gasteiger charge is -2.10. The van der Waals surface area contributed by atoms with E-state index < -0.39 is 0 Å². The summed E-state index contributed by atoms with van der Waals surface area (Å²) in [6.45, 7) is 4.49. The second-order valence-corrected chi connectivity index (χ2v) is 6.61. The van der Waals surface area contributed by atoms with E-state index in [4.69, 9.17) is 11.1 Å². The van der Waals surface area contributed by atoms with Gasteiger partial charge in [0.1, 0.15) is 5.84 Å². The van der Waals surface area contributed by atoms with Crippen molar-refractivity contribution in [3.05, 3.63) is 59.7 Å². The molecule has 0 bridgehead atoms. The predicted molar refractivity (Wildman–Crippen MR) is 93.9 cm³/mol. The van der Waals surface area contributed by atoms with Gasteiger partial charge in [-0.1, -0.05) is 62.4 Å². The highest BCUT2D eigenvalue weighted by Crippen LogP contribution is 2.26. The van der Waals surface area contributed by atoms with Crippen LogP contribution in [-0.2, 0) is 5.75 Å². The number of thioether (sulfide) groups is 1. The third-order valence-corrected chi connectivity index (χ3v) is 4.99. The van der Waals surface area contributed by atoms with Crippen LogP contribution >= 0.6 is 11.8 Å². The van der Waals surface area contributed by atoms with Crippen molar-refractivity contribution >= 4 is 17.6 Å². The van der Waals surface area contributed by atoms with Crippen molar-refractivity contribution in [1.82, 2.24) is 0 Å². The Kier molecular flexibility index (Phi) is 5.45. The highest BCUT2D eigenvalue weighted by atomic mass is 32.2. The summed E-state index contributed by atoms with van der Waals surface area (Å²) in [5.41, 5.74) is 9.92. The Hall–Kier alpha value is -1.74. The van der Waals surface area contributed by atoms with Gasteiger partial charge in [0.05, 0.1) is 0 Å². The Morgan fingerprint density at radius 2 is 1.81 bits per heavy atom. The number of nitrogens with one attached hydrogen (secondary N) is 1. The largest absolute Gasteiger partial charge is 0.384 e. The molecule has 3 N–H and O–H groups in total. The van der Waals surface area contributed by atoms with Crippen molar-refractivity contribution in [3.8, 4) is 11.1 Å². The summed E-state index contributed by atoms with van der Waals surface area (Å²) < 4.78 is 0. The molecule has 2 aromatic carbocycles. The van der Waals surface area contributed by atoms with Crippen molar-refractivity contribution in [2.24, 2.45) is 5.73 Å². The summed E-state index contributed by atoms with van der Waals surface area (Å²) in [5, 5.41) is 8.37. The third kappa shape index (κ3) is 4.11. The summed E-state index contributed by atoms with van der Waals surface area (Å²) in [4.78, 5) is 0. The zero-order chi connectivity index (χ0) is 15.2. The van der Waals surface area contributed by atoms with E-state index >= 15 is 0 Å². The average Bonchev–Trinajstić information content (AvgIpc) is 2.53. The fraction of sp³-hybridized carbons (Fsp3) is 0.278. The van der Waals surface area contributed by atoms with Crippen LogP contribution in [0, 0.1) is 5.41 Å². The molecule has 110 valence electrons. The molecule has 1 unspecified atom stereocenters. The summed E-state index contributed by atoms with van der Waals surface area (Å²) in [6, 6.07) is 16.4. The summed E-state index contributed by atoms with van der Waals surface area (Å²) >= 11 is 1.99. The van der Waals surface area contributed by atoms with E-state index in [0.717, 1.165) is 22.4 Å². The highest BCUT2D eigenvalue weighted by molar-refractivity contribution is 7.99. The zero-order valence-corrected chi connectivity index (χ0v) is 13.4. The lowest BCUT2D eigenvalue weighted by atomic mass is 9.98. The van der Waals surface area contributed by atoms with E-state index in [1.807, 2.05) is 36.0 Å². The zero-order valence-electron chi connectivity index (χ0n) is 12.6. The smallest absolute Gasteiger partial charge is 0.123 e. The van der Waals surface area contributed by atoms with Gasteiger partial charge in [-0.3, -0.25) is 5.41 Å². The minimum atomic E-state index is 0.113. The van der Waals surface area contributed by atoms with Gasteiger partial charge in [-0.25, -0.2) is 0 Å². The molecule has 1 atom stereocenters. The molecule has 0 fully saturated rings. The predicted octanol–water partition coefficient (Wildman–Crippen LogP) is 4.67. The van der Waals surface area contributed by atoms with Crippen LogP contribution in [0.15, 0.2) is 48.5 Å². The van der Waals surface area contributed by atoms with Crippen molar-refractivity contribution in [2.75, 3.05) is 0 Å². The number of hydrogen-bond donors (Lipinski definition) is 2. The van der Waals surface area contributed by atoms with Crippen molar-refractivity contribution < 1.29 is 0 Å². The number of benzene rings is 2. The Balaban J connectivity index is 2.18. The molecule has 0 aliphatic carbocycles. The molecule has 0 saturated heterocycles. The van der Waals surface area contributed by atoms with Crippen molar-refractivity contribution in [3.63, 3.8) is 0 Å². The maximum Gasteiger partial charge on any atom is 0.123 e. The van der Waals surface area contributed by atoms with Gasteiger partial charge in [-0.05, 0) is 23.1 Å². The van der Waals surface area contributed by atoms with E-state index in [1.165, 1.54) is 12.0 Å². The molecule has 0 aliphatic rings. The molecule has 0 amide bonds. The number of rotatable bonds is 6. The van der Waals surface area contributed by atoms with Gasteiger partial charge in [-0.2, -0.15) is 11.8 Å². The first-order chi connectivity index (χ1) is 10.1. The molecule has 0 saturated carbocycles. The van der Waals surface area contributed by atoms with Crippen molar-refractivity contribution in [2.45, 2.75) is 31.3 Å². The van der Waals surface area contributed by atoms with Crippen LogP contribution < -0.4 is 5.73 Å². The second kappa shape index (κ2) is 7.32. The van der Waals surface area contributed by atoms with E-state index in [-0.39, 0.29) is 5.84 Å². The van der Waals surface area contributed by atoms with Gasteiger partial charge in [0.2, 0.25) is 0 Å². The lowest BCUT2D eigenvalue weighted by molar-refractivity contribution is 0.905. The summed E-state index contributed by atoms with van der Waals surface area (Å²) in [6.07, 6.45) is 1.20. The summed E-state index contributed by atoms with van der Waals surface area (Å²) in [7, 11) is 0. The number of nitrogen functional groups attached to an aromatic ring is 1. The molecule has 2 nitrogen and oxygen atoms in total. The maximum atomic E-state index is 7.68. The van der Waals surface area contributed by atoms with E-state index in [2.05, 4.69) is 38.1 Å². The van der Waals surface area contributed by atoms with Gasteiger partial charge in [-0.15, -0.1) is 0 Å². The molecular weight excluding hydrogens is 276 g/mol. The van der Waals surface area contributed by atoms with E-state index in [9.17, 15) is 0 Å². The Bertz CT molecular complexity index is 605. The van der Waals surface area contributed by atoms with Gasteiger partial charge < -0.3 is 5.73 Å². The molecule has 21 heavy (non-hydrogen) atoms. The first-order valence-electron chi connectivity index (χ1n) is 7.26. The van der Waals surface area contributed by atoms with E-state index in [0.29, 0.717) is 5.25 Å². The van der Waals surface area contributed by atoms with Gasteiger partial charge in [0.15, 0.2) is 0 Å². The molecule has 0 radical (unpaired) electrons. The molecule has 0 spiro atoms. The molecule has 2 rings (SSSR count). The quantitative estimate of drug-likeness (QED) is 0.601. The minimum absolute atomic E-state index is 0.113. The SMILES string of the molecule is CCC(C)SCc1ccc(-c2ccccc2C(=N)N)cc1. The highest BCUT2D eigenvalue weighted by Gasteiger charge is 2.07. The Morgan fingerprint density at radius 3 is 2.43 bits per heavy atom. The first kappa shape index (κ1) is 15.6. The fourth-order valence-electron chi connectivity index (χ4n) is 2.11. The second-order valence-electron chi connectivity index (χ2n) is 5.19. The topological polar surface area (TPSA) is 49.9 Å². The van der Waals surface area contributed by atoms with Crippen LogP contribution in [0.4, 0.5) is 0 Å². The number of amidine groups is 1. The fourth-order valence-corrected chi connectivity index (χ4v) is 3.01. The average molecular weight is 298 g/mol. The summed E-state index contributed by atoms with van der Waals surface area (Å²) in [5.74, 6) is 1.16. The standard InChI is InChI=1S/C18H22N2S/c1-3-13(2)21-12-14-8-10-15(11-9-14)16-6-4-5-7-17(16)18(19)20/h4-11,13H,3,12H2,1-2H3,(H3,19,20). The van der Waals surface area contributed by atoms with E-state index in [1.54, 1.807) is 0 Å². The maximum absolute atomic E-state index is 7.68. The van der Waals surface area contributed by atoms with Crippen molar-refractivity contribution in [1.29, 1.82) is 5.41 Å². The molecule has 0 heterocycles. The normalized spacial score (nSPS) is 12.1. The lowest BCUT2D eigenvalue weighted by Crippen LogP contribution is -2.12. The monoisotopic (exact) mass is 298 g/mol. The van der Waals surface area contributed by atoms with Gasteiger partial charge in [0.25, 0.3) is 0 Å². The van der Waals surface area contributed by atoms with Gasteiger partial charge in [0, 0.05) is 16.6 Å². The first-order valence-corrected chi connectivity index (χ1v) is 8.31. The van der Waals surface area contributed by atoms with Gasteiger partial charge >= 0.3 is 0 Å².